The van der Waals surface area contributed by atoms with Crippen molar-refractivity contribution < 1.29 is 9.90 Å². The largest absolute Gasteiger partial charge is 0.504 e. The van der Waals surface area contributed by atoms with Gasteiger partial charge in [0, 0.05) is 5.56 Å². The Morgan fingerprint density at radius 1 is 1.28 bits per heavy atom. The van der Waals surface area contributed by atoms with Gasteiger partial charge in [0.15, 0.2) is 5.76 Å². The van der Waals surface area contributed by atoms with Crippen molar-refractivity contribution in [1.29, 1.82) is 0 Å². The third-order valence-electron chi connectivity index (χ3n) is 2.62. The number of rotatable bonds is 2. The topological polar surface area (TPSA) is 63.3 Å². The van der Waals surface area contributed by atoms with Crippen LogP contribution in [0.3, 0.4) is 0 Å². The molecule has 0 unspecified atom stereocenters. The number of fused-ring (bicyclic) bond motifs is 1. The maximum Gasteiger partial charge on any atom is 0.227 e. The number of allylic oxidation sites excluding steroid dienone is 3. The maximum absolute atomic E-state index is 11.4. The number of Topliss-reactive ketones (excluding diaryl/α,β-unsaturated/α-hetero) is 1. The van der Waals surface area contributed by atoms with Crippen LogP contribution >= 0.6 is 0 Å². The Hall–Kier alpha value is -1.87. The molecule has 18 heavy (non-hydrogen) atoms. The molecule has 3 N–H and O–H groups in total. The highest BCUT2D eigenvalue weighted by molar-refractivity contribution is 6.14. The van der Waals surface area contributed by atoms with Crippen molar-refractivity contribution >= 4 is 11.4 Å². The smallest absolute Gasteiger partial charge is 0.227 e. The van der Waals surface area contributed by atoms with Crippen LogP contribution in [0.15, 0.2) is 42.7 Å². The Labute approximate surface area is 108 Å². The highest BCUT2D eigenvalue weighted by Gasteiger charge is 2.20. The molecule has 0 atom stereocenters. The lowest BCUT2D eigenvalue weighted by atomic mass is 9.92. The van der Waals surface area contributed by atoms with Crippen molar-refractivity contribution in [2.45, 2.75) is 19.8 Å². The summed E-state index contributed by atoms with van der Waals surface area (Å²) in [7, 11) is 0. The minimum atomic E-state index is -0.331. The lowest BCUT2D eigenvalue weighted by Gasteiger charge is -2.13. The van der Waals surface area contributed by atoms with Gasteiger partial charge >= 0.3 is 0 Å². The first-order valence-corrected chi connectivity index (χ1v) is 6.05. The number of benzene rings is 1. The Morgan fingerprint density at radius 3 is 2.39 bits per heavy atom. The maximum atomic E-state index is 11.4. The highest BCUT2D eigenvalue weighted by Crippen LogP contribution is 2.26. The Bertz CT molecular complexity index is 473. The van der Waals surface area contributed by atoms with Crippen LogP contribution in [0, 0.1) is 0 Å². The van der Waals surface area contributed by atoms with E-state index in [0.29, 0.717) is 11.1 Å². The summed E-state index contributed by atoms with van der Waals surface area (Å²) in [5.41, 5.74) is 7.13. The summed E-state index contributed by atoms with van der Waals surface area (Å²) in [6.45, 7) is 6.73. The van der Waals surface area contributed by atoms with Gasteiger partial charge in [-0.05, 0) is 30.2 Å². The second kappa shape index (κ2) is 6.77. The number of aliphatic hydroxyl groups excluding tert-OH is 1. The Kier molecular flexibility index (Phi) is 5.33. The average Bonchev–Trinajstić information content (AvgIpc) is 2.38. The number of ketones is 1. The fourth-order valence-corrected chi connectivity index (χ4v) is 1.61. The number of carbonyl (C=O) groups is 1. The lowest BCUT2D eigenvalue weighted by Crippen LogP contribution is -2.10. The molecule has 1 aliphatic rings. The first-order chi connectivity index (χ1) is 8.61. The summed E-state index contributed by atoms with van der Waals surface area (Å²) in [6.07, 6.45) is 3.78. The Morgan fingerprint density at radius 2 is 1.89 bits per heavy atom. The van der Waals surface area contributed by atoms with E-state index in [1.165, 1.54) is 18.9 Å². The summed E-state index contributed by atoms with van der Waals surface area (Å²) in [5, 5.41) is 9.25. The average molecular weight is 245 g/mol. The van der Waals surface area contributed by atoms with Gasteiger partial charge in [-0.2, -0.15) is 0 Å². The molecule has 3 heteroatoms. The first kappa shape index (κ1) is 14.2. The van der Waals surface area contributed by atoms with Crippen molar-refractivity contribution in [1.82, 2.24) is 0 Å². The van der Waals surface area contributed by atoms with E-state index < -0.39 is 0 Å². The van der Waals surface area contributed by atoms with Crippen LogP contribution in [0.1, 0.15) is 35.7 Å². The van der Waals surface area contributed by atoms with Crippen molar-refractivity contribution in [3.8, 4) is 0 Å². The molecule has 0 amide bonds. The number of hydrogen-bond donors (Lipinski definition) is 2. The van der Waals surface area contributed by atoms with Crippen molar-refractivity contribution in [2.75, 3.05) is 6.54 Å². The molecule has 96 valence electrons. The van der Waals surface area contributed by atoms with Gasteiger partial charge in [0.25, 0.3) is 0 Å². The van der Waals surface area contributed by atoms with Crippen LogP contribution in [-0.2, 0) is 0 Å². The third kappa shape index (κ3) is 3.31. The minimum absolute atomic E-state index is 0.233. The van der Waals surface area contributed by atoms with Crippen LogP contribution in [0.2, 0.25) is 0 Å². The molecule has 0 saturated heterocycles. The zero-order valence-electron chi connectivity index (χ0n) is 10.6. The molecule has 1 aromatic carbocycles. The molecule has 0 saturated carbocycles. The van der Waals surface area contributed by atoms with Gasteiger partial charge in [-0.3, -0.25) is 4.79 Å². The predicted octanol–water partition coefficient (Wildman–Crippen LogP) is 3.08. The summed E-state index contributed by atoms with van der Waals surface area (Å²) in [4.78, 5) is 11.4. The van der Waals surface area contributed by atoms with Gasteiger partial charge in [-0.25, -0.2) is 0 Å². The van der Waals surface area contributed by atoms with E-state index in [-0.39, 0.29) is 11.5 Å². The second-order valence-corrected chi connectivity index (χ2v) is 4.07. The summed E-state index contributed by atoms with van der Waals surface area (Å²) >= 11 is 0. The number of unbranched alkanes of at least 4 members (excludes halogenated alkanes) is 1. The van der Waals surface area contributed by atoms with Gasteiger partial charge in [-0.1, -0.05) is 44.2 Å². The van der Waals surface area contributed by atoms with E-state index in [1.807, 2.05) is 12.1 Å². The monoisotopic (exact) mass is 245 g/mol. The van der Waals surface area contributed by atoms with Gasteiger partial charge in [-0.15, -0.1) is 0 Å². The molecule has 2 rings (SSSR count). The molecule has 1 aliphatic carbocycles. The minimum Gasteiger partial charge on any atom is -0.504 e. The van der Waals surface area contributed by atoms with Crippen LogP contribution in [0.25, 0.3) is 5.57 Å². The van der Waals surface area contributed by atoms with Gasteiger partial charge in [0.05, 0.1) is 0 Å². The van der Waals surface area contributed by atoms with E-state index in [9.17, 15) is 9.90 Å². The number of hydrogen-bond acceptors (Lipinski definition) is 3. The fourth-order valence-electron chi connectivity index (χ4n) is 1.61. The third-order valence-corrected chi connectivity index (χ3v) is 2.62. The van der Waals surface area contributed by atoms with E-state index in [1.54, 1.807) is 12.1 Å². The fraction of sp³-hybridized carbons (Fsp3) is 0.267. The second-order valence-electron chi connectivity index (χ2n) is 4.07. The molecule has 0 radical (unpaired) electrons. The molecule has 3 nitrogen and oxygen atoms in total. The number of carbonyl (C=O) groups excluding carboxylic acids is 1. The van der Waals surface area contributed by atoms with Crippen molar-refractivity contribution in [3.63, 3.8) is 0 Å². The van der Waals surface area contributed by atoms with E-state index in [0.717, 1.165) is 12.1 Å². The zero-order valence-corrected chi connectivity index (χ0v) is 10.6. The van der Waals surface area contributed by atoms with E-state index in [4.69, 9.17) is 5.73 Å². The summed E-state index contributed by atoms with van der Waals surface area (Å²) < 4.78 is 0. The predicted molar refractivity (Wildman–Crippen MR) is 74.5 cm³/mol. The van der Waals surface area contributed by atoms with Gasteiger partial charge in [0.1, 0.15) is 0 Å². The van der Waals surface area contributed by atoms with Crippen molar-refractivity contribution in [2.24, 2.45) is 5.73 Å². The standard InChI is InChI=1S/C11H8O2.C4H11N/c1-7-6-10(12)11(13)9-5-3-2-4-8(7)9;1-2-3-4-5/h2-6,12H,1H2;2-5H2,1H3. The quantitative estimate of drug-likeness (QED) is 0.841. The molecule has 0 bridgehead atoms. The van der Waals surface area contributed by atoms with E-state index in [2.05, 4.69) is 13.5 Å². The number of aliphatic hydroxyl groups is 1. The molecule has 0 spiro atoms. The van der Waals surface area contributed by atoms with Gasteiger partial charge in [0.2, 0.25) is 5.78 Å². The van der Waals surface area contributed by atoms with Crippen LogP contribution in [0.4, 0.5) is 0 Å². The summed E-state index contributed by atoms with van der Waals surface area (Å²) in [5.74, 6) is -0.563. The molecule has 0 fully saturated rings. The lowest BCUT2D eigenvalue weighted by molar-refractivity contribution is 0.0976. The molecule has 0 heterocycles. The van der Waals surface area contributed by atoms with Crippen molar-refractivity contribution in [3.05, 3.63) is 53.8 Å². The van der Waals surface area contributed by atoms with Crippen LogP contribution in [-0.4, -0.2) is 17.4 Å². The normalized spacial score (nSPS) is 13.3. The molecular weight excluding hydrogens is 226 g/mol. The molecule has 0 aliphatic heterocycles. The van der Waals surface area contributed by atoms with Gasteiger partial charge < -0.3 is 10.8 Å². The SMILES string of the molecule is C=C1C=C(O)C(=O)c2ccccc21.CCCCN. The van der Waals surface area contributed by atoms with E-state index >= 15 is 0 Å². The Balaban J connectivity index is 0.000000280. The highest BCUT2D eigenvalue weighted by atomic mass is 16.3. The zero-order chi connectivity index (χ0) is 13.5. The van der Waals surface area contributed by atoms with Crippen LogP contribution in [0.5, 0.6) is 0 Å². The first-order valence-electron chi connectivity index (χ1n) is 6.05. The molecule has 0 aromatic heterocycles. The van der Waals surface area contributed by atoms with Crippen LogP contribution < -0.4 is 5.73 Å². The number of nitrogens with two attached hydrogens (primary N) is 1. The summed E-state index contributed by atoms with van der Waals surface area (Å²) in [6, 6.07) is 7.11. The molecular formula is C15H19NO2. The molecule has 1 aromatic rings.